The third-order valence-electron chi connectivity index (χ3n) is 19.3. The fourth-order valence-corrected chi connectivity index (χ4v) is 13.5. The van der Waals surface area contributed by atoms with Gasteiger partial charge in [-0.2, -0.15) is 0 Å². The molecule has 5 amide bonds. The highest BCUT2D eigenvalue weighted by molar-refractivity contribution is 6.00. The number of ether oxygens (including phenoxy) is 3. The lowest BCUT2D eigenvalue weighted by atomic mass is 10.0. The number of hydrogen-bond acceptors (Lipinski definition) is 22. The van der Waals surface area contributed by atoms with Crippen molar-refractivity contribution in [2.75, 3.05) is 108 Å². The van der Waals surface area contributed by atoms with Gasteiger partial charge >= 0.3 is 18.3 Å². The maximum Gasteiger partial charge on any atom is 0.413 e. The first kappa shape index (κ1) is 78.5. The zero-order valence-corrected chi connectivity index (χ0v) is 64.0. The molecule has 0 bridgehead atoms. The number of pyridine rings is 5. The molecule has 0 spiro atoms. The number of piperazine rings is 3. The van der Waals surface area contributed by atoms with Gasteiger partial charge in [0.05, 0.1) is 96.0 Å². The summed E-state index contributed by atoms with van der Waals surface area (Å²) in [6.07, 6.45) is 9.86. The van der Waals surface area contributed by atoms with Gasteiger partial charge in [0.2, 0.25) is 29.7 Å². The van der Waals surface area contributed by atoms with E-state index in [1.54, 1.807) is 56.4 Å². The number of benzene rings is 3. The van der Waals surface area contributed by atoms with Gasteiger partial charge < -0.3 is 39.0 Å². The van der Waals surface area contributed by atoms with Crippen LogP contribution in [0.25, 0.3) is 100 Å². The fraction of sp³-hybridized carbons (Fsp3) is 0.321. The van der Waals surface area contributed by atoms with Crippen molar-refractivity contribution in [3.05, 3.63) is 175 Å². The Morgan fingerprint density at radius 3 is 1.41 bits per heavy atom. The smallest absolute Gasteiger partial charge is 0.413 e. The van der Waals surface area contributed by atoms with E-state index in [1.165, 1.54) is 24.4 Å². The third kappa shape index (κ3) is 19.6. The van der Waals surface area contributed by atoms with Gasteiger partial charge in [-0.1, -0.05) is 18.2 Å². The van der Waals surface area contributed by atoms with Gasteiger partial charge in [0.1, 0.15) is 28.7 Å². The number of nitrogens with zero attached hydrogens (tertiary/aromatic N) is 16. The molecule has 3 fully saturated rings. The molecule has 12 heterocycles. The molecule has 6 N–H and O–H groups in total. The van der Waals surface area contributed by atoms with Crippen LogP contribution in [-0.4, -0.2) is 229 Å². The van der Waals surface area contributed by atoms with Crippen LogP contribution in [0, 0.1) is 11.6 Å². The lowest BCUT2D eigenvalue weighted by Gasteiger charge is -2.36. The summed E-state index contributed by atoms with van der Waals surface area (Å²) in [5, 5.41) is 7.78. The Morgan fingerprint density at radius 1 is 0.460 bits per heavy atom. The molecule has 3 aromatic carbocycles. The number of aromatic nitrogens is 13. The Balaban J connectivity index is 0.000000148. The van der Waals surface area contributed by atoms with Gasteiger partial charge in [-0.3, -0.25) is 70.1 Å². The molecule has 3 saturated heterocycles. The Kier molecular flexibility index (Phi) is 25.0. The minimum atomic E-state index is -0.644. The second-order valence-corrected chi connectivity index (χ2v) is 27.8. The van der Waals surface area contributed by atoms with Crippen LogP contribution in [-0.2, 0) is 43.4 Å². The highest BCUT2D eigenvalue weighted by Crippen LogP contribution is 2.37. The number of aromatic amines is 3. The molecule has 0 atom stereocenters. The number of rotatable bonds is 20. The maximum atomic E-state index is 14.7. The van der Waals surface area contributed by atoms with Crippen molar-refractivity contribution in [2.24, 2.45) is 0 Å². The summed E-state index contributed by atoms with van der Waals surface area (Å²) in [4.78, 5) is 127. The van der Waals surface area contributed by atoms with Crippen LogP contribution in [0.2, 0.25) is 0 Å². The highest BCUT2D eigenvalue weighted by Gasteiger charge is 2.28. The Labute approximate surface area is 650 Å². The first-order chi connectivity index (χ1) is 54.7. The number of nitrogens with one attached hydrogen (secondary N) is 6. The summed E-state index contributed by atoms with van der Waals surface area (Å²) in [6.45, 7) is 24.3. The van der Waals surface area contributed by atoms with Crippen LogP contribution in [0.3, 0.4) is 0 Å². The predicted molar refractivity (Wildman–Crippen MR) is 424 cm³/mol. The molecule has 0 radical (unpaired) electrons. The summed E-state index contributed by atoms with van der Waals surface area (Å²) in [5.74, 6) is 0.843. The summed E-state index contributed by atoms with van der Waals surface area (Å²) >= 11 is 0. The zero-order valence-electron chi connectivity index (χ0n) is 64.0. The molecule has 3 aliphatic rings. The van der Waals surface area contributed by atoms with Crippen LogP contribution >= 0.6 is 0 Å². The van der Waals surface area contributed by atoms with Crippen molar-refractivity contribution in [3.63, 3.8) is 0 Å². The molecule has 30 nitrogen and oxygen atoms in total. The third-order valence-corrected chi connectivity index (χ3v) is 19.3. The van der Waals surface area contributed by atoms with E-state index in [2.05, 4.69) is 114 Å². The van der Waals surface area contributed by atoms with E-state index >= 15 is 0 Å². The summed E-state index contributed by atoms with van der Waals surface area (Å²) in [5.41, 5.74) is 14.0. The molecule has 15 rings (SSSR count). The van der Waals surface area contributed by atoms with Gasteiger partial charge in [-0.05, 0) is 150 Å². The second-order valence-electron chi connectivity index (χ2n) is 27.8. The topological polar surface area (TPSA) is 345 Å². The van der Waals surface area contributed by atoms with Crippen LogP contribution < -0.4 is 16.0 Å². The summed E-state index contributed by atoms with van der Waals surface area (Å²) < 4.78 is 43.2. The number of amides is 5. The molecule has 32 heteroatoms. The molecule has 0 saturated carbocycles. The fourth-order valence-electron chi connectivity index (χ4n) is 13.5. The van der Waals surface area contributed by atoms with E-state index in [0.717, 1.165) is 119 Å². The standard InChI is InChI=1S/C28H30FN7O3.C27H32N8O2.C26H26FN7O3/c1-4-39-28(38)34-27-32-24-12-19(11-22(26(24)33-27)23-8-6-20(29)14-31-23)18-5-7-21(30-13-18)15-35-9-10-36(17(2)3)25(37)16-35;1-4-37-27(36)33-26-31-23-14-19(13-21(25(23)32-26)22-7-5-6-8-28-22)20-15-29-24(30-16-20)17-34-9-11-35(12-10-34)18(2)3;1-3-37-26(36)32-25-30-21-12-17(11-19(24(21)31-25)23-20(27)5-4-8-28-23)16-6-7-18(29-13-16)14-34-10-9-33(2)22(35)15-34/h5-8,11-14,17H,4,9-10,15-16H2,1-3H3,(H2,32,33,34,38);5-8,13-16,18H,4,9-12,17H2,1-3H3,(H2,31,32,33,36);4-8,11-13H,3,9-10,14-15H2,1-2H3,(H2,30,31,32,36). The van der Waals surface area contributed by atoms with E-state index in [9.17, 15) is 32.8 Å². The molecule has 113 heavy (non-hydrogen) atoms. The number of imidazole rings is 3. The van der Waals surface area contributed by atoms with E-state index in [-0.39, 0.29) is 55.3 Å². The molecular weight excluding hydrogens is 1450 g/mol. The average Bonchev–Trinajstić information content (AvgIpc) is 1.68. The van der Waals surface area contributed by atoms with Gasteiger partial charge in [0.15, 0.2) is 0 Å². The molecule has 584 valence electrons. The number of anilines is 3. The number of hydrogen-bond donors (Lipinski definition) is 6. The van der Waals surface area contributed by atoms with E-state index in [0.29, 0.717) is 95.7 Å². The summed E-state index contributed by atoms with van der Waals surface area (Å²) in [6, 6.07) is 31.6. The minimum absolute atomic E-state index is 0.0989. The minimum Gasteiger partial charge on any atom is -0.450 e. The van der Waals surface area contributed by atoms with Crippen molar-refractivity contribution < 1.29 is 47.0 Å². The number of carbonyl (C=O) groups is 5. The van der Waals surface area contributed by atoms with Gasteiger partial charge in [0.25, 0.3) is 0 Å². The number of fused-ring (bicyclic) bond motifs is 3. The number of H-pyrrole nitrogens is 3. The van der Waals surface area contributed by atoms with Crippen molar-refractivity contribution in [1.82, 2.24) is 94.2 Å². The van der Waals surface area contributed by atoms with E-state index < -0.39 is 29.9 Å². The largest absolute Gasteiger partial charge is 0.450 e. The second kappa shape index (κ2) is 36.0. The molecule has 12 aromatic rings. The molecule has 3 aliphatic heterocycles. The lowest BCUT2D eigenvalue weighted by molar-refractivity contribution is -0.138. The van der Waals surface area contributed by atoms with Crippen molar-refractivity contribution in [2.45, 2.75) is 80.2 Å². The van der Waals surface area contributed by atoms with Crippen LogP contribution in [0.5, 0.6) is 0 Å². The Bertz CT molecular complexity index is 5330. The van der Waals surface area contributed by atoms with Gasteiger partial charge in [-0.15, -0.1) is 0 Å². The Hall–Kier alpha value is -12.7. The van der Waals surface area contributed by atoms with Crippen molar-refractivity contribution in [3.8, 4) is 67.2 Å². The van der Waals surface area contributed by atoms with Crippen LogP contribution in [0.4, 0.5) is 41.0 Å². The van der Waals surface area contributed by atoms with Crippen molar-refractivity contribution >= 4 is 81.0 Å². The van der Waals surface area contributed by atoms with E-state index in [1.807, 2.05) is 111 Å². The lowest BCUT2D eigenvalue weighted by Crippen LogP contribution is -2.52. The van der Waals surface area contributed by atoms with Gasteiger partial charge in [-0.25, -0.2) is 48.1 Å². The van der Waals surface area contributed by atoms with Crippen LogP contribution in [0.1, 0.15) is 65.7 Å². The zero-order chi connectivity index (χ0) is 79.2. The SMILES string of the molecule is CCOC(=O)Nc1nc2c(-c3ccc(F)cn3)cc(-c3ccc(CN4CCN(C(C)C)C(=O)C4)nc3)cc2[nH]1.CCOC(=O)Nc1nc2c(-c3ccccn3)cc(-c3cnc(CN4CCN(C(C)C)CC4)nc3)cc2[nH]1.CCOC(=O)Nc1nc2c(-c3ncccc3F)cc(-c3ccc(CN4CCN(C)C(=O)C4)nc3)cc2[nH]1. The highest BCUT2D eigenvalue weighted by atomic mass is 19.1. The molecular formula is C81H88F2N22O8. The maximum absolute atomic E-state index is 14.7. The number of halogens is 2. The van der Waals surface area contributed by atoms with Gasteiger partial charge in [0, 0.05) is 155 Å². The number of carbonyl (C=O) groups excluding carboxylic acids is 5. The van der Waals surface area contributed by atoms with Crippen molar-refractivity contribution in [1.29, 1.82) is 0 Å². The monoisotopic (exact) mass is 1530 g/mol. The molecule has 0 aliphatic carbocycles. The first-order valence-corrected chi connectivity index (χ1v) is 37.4. The molecule has 0 unspecified atom stereocenters. The molecule has 9 aromatic heterocycles. The number of likely N-dealkylation sites (N-methyl/N-ethyl adjacent to an activating group) is 1. The normalized spacial score (nSPS) is 14.4. The predicted octanol–water partition coefficient (Wildman–Crippen LogP) is 12.3. The quantitative estimate of drug-likeness (QED) is 0.0386. The Morgan fingerprint density at radius 2 is 0.947 bits per heavy atom. The average molecular weight is 1540 g/mol. The summed E-state index contributed by atoms with van der Waals surface area (Å²) in [7, 11) is 1.81. The van der Waals surface area contributed by atoms with Crippen LogP contribution in [0.15, 0.2) is 147 Å². The van der Waals surface area contributed by atoms with E-state index in [4.69, 9.17) is 14.2 Å². The first-order valence-electron chi connectivity index (χ1n) is 37.4.